The van der Waals surface area contributed by atoms with E-state index in [0.717, 1.165) is 17.7 Å². The zero-order valence-electron chi connectivity index (χ0n) is 9.82. The van der Waals surface area contributed by atoms with Gasteiger partial charge in [0, 0.05) is 17.5 Å². The summed E-state index contributed by atoms with van der Waals surface area (Å²) < 4.78 is 15.9. The number of benzene rings is 1. The lowest BCUT2D eigenvalue weighted by Crippen LogP contribution is -2.03. The molecule has 4 heteroatoms. The van der Waals surface area contributed by atoms with E-state index in [-0.39, 0.29) is 6.04 Å². The van der Waals surface area contributed by atoms with Crippen molar-refractivity contribution in [3.8, 4) is 17.2 Å². The van der Waals surface area contributed by atoms with Crippen LogP contribution in [0.2, 0.25) is 0 Å². The maximum absolute atomic E-state index is 5.86. The summed E-state index contributed by atoms with van der Waals surface area (Å²) in [6.45, 7) is 0. The highest BCUT2D eigenvalue weighted by atomic mass is 16.5. The molecule has 1 fully saturated rings. The molecule has 0 aliphatic heterocycles. The Bertz CT molecular complexity index is 392. The van der Waals surface area contributed by atoms with E-state index in [1.807, 2.05) is 12.1 Å². The Morgan fingerprint density at radius 1 is 1.06 bits per heavy atom. The number of ether oxygens (including phenoxy) is 3. The van der Waals surface area contributed by atoms with Crippen LogP contribution in [0, 0.1) is 0 Å². The van der Waals surface area contributed by atoms with Gasteiger partial charge in [-0.1, -0.05) is 6.07 Å². The predicted octanol–water partition coefficient (Wildman–Crippen LogP) is 1.53. The van der Waals surface area contributed by atoms with Gasteiger partial charge in [-0.05, 0) is 12.5 Å². The second-order valence-corrected chi connectivity index (χ2v) is 3.93. The molecule has 16 heavy (non-hydrogen) atoms. The second-order valence-electron chi connectivity index (χ2n) is 3.93. The molecule has 2 atom stereocenters. The van der Waals surface area contributed by atoms with Crippen molar-refractivity contribution in [2.75, 3.05) is 21.3 Å². The van der Waals surface area contributed by atoms with E-state index in [0.29, 0.717) is 17.4 Å². The fourth-order valence-electron chi connectivity index (χ4n) is 1.99. The molecule has 0 bridgehead atoms. The second kappa shape index (κ2) is 4.22. The summed E-state index contributed by atoms with van der Waals surface area (Å²) in [5.41, 5.74) is 6.96. The smallest absolute Gasteiger partial charge is 0.203 e. The Labute approximate surface area is 95.3 Å². The highest BCUT2D eigenvalue weighted by Gasteiger charge is 2.38. The lowest BCUT2D eigenvalue weighted by Gasteiger charge is -2.15. The van der Waals surface area contributed by atoms with Gasteiger partial charge in [0.05, 0.1) is 21.3 Å². The molecule has 0 spiro atoms. The van der Waals surface area contributed by atoms with Crippen molar-refractivity contribution in [3.63, 3.8) is 0 Å². The van der Waals surface area contributed by atoms with Crippen molar-refractivity contribution >= 4 is 0 Å². The minimum atomic E-state index is 0.243. The van der Waals surface area contributed by atoms with Crippen LogP contribution < -0.4 is 19.9 Å². The van der Waals surface area contributed by atoms with Gasteiger partial charge in [0.2, 0.25) is 5.75 Å². The summed E-state index contributed by atoms with van der Waals surface area (Å²) in [5.74, 6) is 2.44. The molecule has 1 aliphatic rings. The lowest BCUT2D eigenvalue weighted by molar-refractivity contribution is 0.322. The van der Waals surface area contributed by atoms with Crippen molar-refractivity contribution in [2.24, 2.45) is 5.73 Å². The molecule has 1 aromatic rings. The average Bonchev–Trinajstić information content (AvgIpc) is 3.03. The average molecular weight is 223 g/mol. The van der Waals surface area contributed by atoms with Gasteiger partial charge in [-0.15, -0.1) is 0 Å². The number of rotatable bonds is 4. The SMILES string of the molecule is COc1ccc(C2CC2N)c(OC)c1OC. The standard InChI is InChI=1S/C12H17NO3/c1-14-10-5-4-7(8-6-9(8)13)11(15-2)12(10)16-3/h4-5,8-9H,6,13H2,1-3H3. The predicted molar refractivity (Wildman–Crippen MR) is 61.4 cm³/mol. The molecule has 0 amide bonds. The van der Waals surface area contributed by atoms with Crippen LogP contribution in [0.5, 0.6) is 17.2 Å². The van der Waals surface area contributed by atoms with E-state index in [9.17, 15) is 0 Å². The van der Waals surface area contributed by atoms with Crippen molar-refractivity contribution in [1.29, 1.82) is 0 Å². The first kappa shape index (κ1) is 11.1. The third kappa shape index (κ3) is 1.69. The molecule has 0 heterocycles. The van der Waals surface area contributed by atoms with E-state index in [2.05, 4.69) is 0 Å². The van der Waals surface area contributed by atoms with Gasteiger partial charge in [0.15, 0.2) is 11.5 Å². The fourth-order valence-corrected chi connectivity index (χ4v) is 1.99. The first-order valence-electron chi connectivity index (χ1n) is 5.27. The Kier molecular flexibility index (Phi) is 2.92. The summed E-state index contributed by atoms with van der Waals surface area (Å²) in [6.07, 6.45) is 1.01. The molecule has 0 radical (unpaired) electrons. The monoisotopic (exact) mass is 223 g/mol. The Balaban J connectivity index is 2.46. The largest absolute Gasteiger partial charge is 0.493 e. The molecule has 0 saturated heterocycles. The van der Waals surface area contributed by atoms with Gasteiger partial charge in [-0.3, -0.25) is 0 Å². The van der Waals surface area contributed by atoms with Crippen LogP contribution in [0.15, 0.2) is 12.1 Å². The van der Waals surface area contributed by atoms with Gasteiger partial charge >= 0.3 is 0 Å². The van der Waals surface area contributed by atoms with E-state index < -0.39 is 0 Å². The first-order valence-corrected chi connectivity index (χ1v) is 5.27. The number of hydrogen-bond acceptors (Lipinski definition) is 4. The molecule has 1 aliphatic carbocycles. The number of methoxy groups -OCH3 is 3. The van der Waals surface area contributed by atoms with Crippen molar-refractivity contribution < 1.29 is 14.2 Å². The van der Waals surface area contributed by atoms with Crippen LogP contribution >= 0.6 is 0 Å². The van der Waals surface area contributed by atoms with Crippen LogP contribution in [0.3, 0.4) is 0 Å². The van der Waals surface area contributed by atoms with Gasteiger partial charge in [0.1, 0.15) is 0 Å². The van der Waals surface area contributed by atoms with Crippen molar-refractivity contribution in [1.82, 2.24) is 0 Å². The van der Waals surface area contributed by atoms with Gasteiger partial charge in [0.25, 0.3) is 0 Å². The van der Waals surface area contributed by atoms with E-state index >= 15 is 0 Å². The minimum Gasteiger partial charge on any atom is -0.493 e. The quantitative estimate of drug-likeness (QED) is 0.841. The summed E-state index contributed by atoms with van der Waals surface area (Å²) in [6, 6.07) is 4.13. The molecule has 4 nitrogen and oxygen atoms in total. The zero-order valence-corrected chi connectivity index (χ0v) is 9.82. The maximum atomic E-state index is 5.86. The highest BCUT2D eigenvalue weighted by Crippen LogP contribution is 2.49. The topological polar surface area (TPSA) is 53.7 Å². The van der Waals surface area contributed by atoms with E-state index in [1.54, 1.807) is 21.3 Å². The summed E-state index contributed by atoms with van der Waals surface area (Å²) in [7, 11) is 4.85. The Morgan fingerprint density at radius 2 is 1.69 bits per heavy atom. The normalized spacial score (nSPS) is 22.8. The Hall–Kier alpha value is -1.42. The number of nitrogens with two attached hydrogens (primary N) is 1. The van der Waals surface area contributed by atoms with Gasteiger partial charge in [-0.25, -0.2) is 0 Å². The minimum absolute atomic E-state index is 0.243. The lowest BCUT2D eigenvalue weighted by atomic mass is 10.1. The van der Waals surface area contributed by atoms with Crippen LogP contribution in [0.25, 0.3) is 0 Å². The zero-order chi connectivity index (χ0) is 11.7. The molecule has 88 valence electrons. The van der Waals surface area contributed by atoms with Crippen LogP contribution in [0.4, 0.5) is 0 Å². The third-order valence-corrected chi connectivity index (χ3v) is 2.97. The first-order chi connectivity index (χ1) is 7.72. The summed E-state index contributed by atoms with van der Waals surface area (Å²) >= 11 is 0. The molecular formula is C12H17NO3. The van der Waals surface area contributed by atoms with E-state index in [1.165, 1.54) is 0 Å². The molecule has 0 aromatic heterocycles. The molecule has 1 saturated carbocycles. The number of hydrogen-bond donors (Lipinski definition) is 1. The summed E-state index contributed by atoms with van der Waals surface area (Å²) in [5, 5.41) is 0. The Morgan fingerprint density at radius 3 is 2.12 bits per heavy atom. The van der Waals surface area contributed by atoms with E-state index in [4.69, 9.17) is 19.9 Å². The maximum Gasteiger partial charge on any atom is 0.203 e. The van der Waals surface area contributed by atoms with Crippen LogP contribution in [-0.4, -0.2) is 27.4 Å². The summed E-state index contributed by atoms with van der Waals surface area (Å²) in [4.78, 5) is 0. The van der Waals surface area contributed by atoms with Crippen molar-refractivity contribution in [3.05, 3.63) is 17.7 Å². The van der Waals surface area contributed by atoms with Gasteiger partial charge in [-0.2, -0.15) is 0 Å². The van der Waals surface area contributed by atoms with Crippen LogP contribution in [-0.2, 0) is 0 Å². The van der Waals surface area contributed by atoms with Crippen molar-refractivity contribution in [2.45, 2.75) is 18.4 Å². The van der Waals surface area contributed by atoms with Gasteiger partial charge < -0.3 is 19.9 Å². The molecule has 1 aromatic carbocycles. The fraction of sp³-hybridized carbons (Fsp3) is 0.500. The highest BCUT2D eigenvalue weighted by molar-refractivity contribution is 5.58. The van der Waals surface area contributed by atoms with Crippen LogP contribution in [0.1, 0.15) is 17.9 Å². The molecule has 2 unspecified atom stereocenters. The third-order valence-electron chi connectivity index (χ3n) is 2.97. The molecular weight excluding hydrogens is 206 g/mol. The molecule has 2 N–H and O–H groups in total. The molecule has 2 rings (SSSR count).